The van der Waals surface area contributed by atoms with Gasteiger partial charge in [-0.15, -0.1) is 11.6 Å². The molecule has 2 unspecified atom stereocenters. The monoisotopic (exact) mass is 291 g/mol. The van der Waals surface area contributed by atoms with Gasteiger partial charge in [0.1, 0.15) is 0 Å². The third kappa shape index (κ3) is 2.57. The average Bonchev–Trinajstić information content (AvgIpc) is 2.81. The number of rotatable bonds is 3. The van der Waals surface area contributed by atoms with Gasteiger partial charge >= 0.3 is 0 Å². The van der Waals surface area contributed by atoms with E-state index in [4.69, 9.17) is 16.7 Å². The van der Waals surface area contributed by atoms with E-state index in [1.54, 1.807) is 0 Å². The Kier molecular flexibility index (Phi) is 3.99. The second-order valence-corrected chi connectivity index (χ2v) is 6.36. The summed E-state index contributed by atoms with van der Waals surface area (Å²) >= 11 is 6.41. The fraction of sp³-hybridized carbons (Fsp3) is 0.562. The van der Waals surface area contributed by atoms with Gasteiger partial charge in [0.15, 0.2) is 0 Å². The number of fused-ring (bicyclic) bond motifs is 1. The van der Waals surface area contributed by atoms with E-state index in [2.05, 4.69) is 47.7 Å². The van der Waals surface area contributed by atoms with E-state index in [9.17, 15) is 0 Å². The summed E-state index contributed by atoms with van der Waals surface area (Å²) in [5.74, 6) is 0.623. The minimum absolute atomic E-state index is 0.267. The van der Waals surface area contributed by atoms with Gasteiger partial charge < -0.3 is 0 Å². The summed E-state index contributed by atoms with van der Waals surface area (Å²) in [6, 6.07) is 8.50. The molecule has 1 aromatic heterocycles. The van der Waals surface area contributed by atoms with E-state index in [-0.39, 0.29) is 5.38 Å². The zero-order valence-corrected chi connectivity index (χ0v) is 13.0. The Hall–Kier alpha value is -1.06. The summed E-state index contributed by atoms with van der Waals surface area (Å²) in [6.07, 6.45) is 1.18. The molecule has 1 fully saturated rings. The maximum Gasteiger partial charge on any atom is 0.0843 e. The minimum atomic E-state index is 0.267. The van der Waals surface area contributed by atoms with Crippen LogP contribution >= 0.6 is 11.6 Å². The molecule has 1 aliphatic heterocycles. The van der Waals surface area contributed by atoms with Crippen LogP contribution in [0.3, 0.4) is 0 Å². The number of hydrogen-bond donors (Lipinski definition) is 0. The van der Waals surface area contributed by atoms with Gasteiger partial charge in [-0.3, -0.25) is 9.58 Å². The van der Waals surface area contributed by atoms with E-state index in [1.165, 1.54) is 23.0 Å². The van der Waals surface area contributed by atoms with Crippen LogP contribution in [0.15, 0.2) is 24.3 Å². The number of aryl methyl sites for hydroxylation is 1. The van der Waals surface area contributed by atoms with Crippen molar-refractivity contribution in [1.82, 2.24) is 14.7 Å². The average molecular weight is 292 g/mol. The lowest BCUT2D eigenvalue weighted by atomic mass is 9.98. The Morgan fingerprint density at radius 2 is 2.15 bits per heavy atom. The number of likely N-dealkylation sites (tertiary alicyclic amines) is 1. The molecule has 108 valence electrons. The first-order valence-electron chi connectivity index (χ1n) is 7.50. The maximum atomic E-state index is 6.41. The van der Waals surface area contributed by atoms with Crippen LogP contribution < -0.4 is 0 Å². The van der Waals surface area contributed by atoms with Crippen molar-refractivity contribution >= 4 is 22.5 Å². The number of halogens is 1. The van der Waals surface area contributed by atoms with Crippen LogP contribution in [0.1, 0.15) is 26.0 Å². The molecule has 2 atom stereocenters. The lowest BCUT2D eigenvalue weighted by Gasteiger charge is -2.33. The predicted molar refractivity (Wildman–Crippen MR) is 84.1 cm³/mol. The molecular formula is C16H22ClN3. The van der Waals surface area contributed by atoms with Crippen molar-refractivity contribution in [1.29, 1.82) is 0 Å². The summed E-state index contributed by atoms with van der Waals surface area (Å²) in [5, 5.41) is 6.32. The fourth-order valence-electron chi connectivity index (χ4n) is 2.99. The van der Waals surface area contributed by atoms with Crippen LogP contribution in [0.4, 0.5) is 0 Å². The highest BCUT2D eigenvalue weighted by molar-refractivity contribution is 6.21. The Balaban J connectivity index is 1.84. The van der Waals surface area contributed by atoms with Gasteiger partial charge in [-0.25, -0.2) is 0 Å². The van der Waals surface area contributed by atoms with Crippen LogP contribution in [0, 0.1) is 5.92 Å². The molecular weight excluding hydrogens is 270 g/mol. The molecule has 0 aliphatic carbocycles. The molecule has 0 saturated carbocycles. The molecule has 2 aromatic rings. The molecule has 2 heterocycles. The van der Waals surface area contributed by atoms with Gasteiger partial charge in [-0.2, -0.15) is 5.10 Å². The molecule has 1 saturated heterocycles. The summed E-state index contributed by atoms with van der Waals surface area (Å²) in [4.78, 5) is 2.44. The highest BCUT2D eigenvalue weighted by Crippen LogP contribution is 2.25. The summed E-state index contributed by atoms with van der Waals surface area (Å²) in [7, 11) is 0. The van der Waals surface area contributed by atoms with E-state index in [0.717, 1.165) is 26.2 Å². The van der Waals surface area contributed by atoms with Gasteiger partial charge in [-0.1, -0.05) is 25.1 Å². The lowest BCUT2D eigenvalue weighted by Crippen LogP contribution is -2.39. The highest BCUT2D eigenvalue weighted by atomic mass is 35.5. The Morgan fingerprint density at radius 3 is 2.90 bits per heavy atom. The van der Waals surface area contributed by atoms with E-state index in [1.807, 2.05) is 0 Å². The molecule has 0 amide bonds. The van der Waals surface area contributed by atoms with E-state index < -0.39 is 0 Å². The maximum absolute atomic E-state index is 6.41. The fourth-order valence-corrected chi connectivity index (χ4v) is 3.32. The quantitative estimate of drug-likeness (QED) is 0.807. The molecule has 1 aromatic carbocycles. The first-order valence-corrected chi connectivity index (χ1v) is 7.93. The first-order chi connectivity index (χ1) is 9.69. The largest absolute Gasteiger partial charge is 0.296 e. The van der Waals surface area contributed by atoms with Crippen LogP contribution in [0.5, 0.6) is 0 Å². The van der Waals surface area contributed by atoms with E-state index >= 15 is 0 Å². The van der Waals surface area contributed by atoms with Crippen LogP contribution in [-0.2, 0) is 13.1 Å². The number of alkyl halides is 1. The third-order valence-electron chi connectivity index (χ3n) is 4.36. The third-order valence-corrected chi connectivity index (χ3v) is 4.93. The molecule has 0 radical (unpaired) electrons. The van der Waals surface area contributed by atoms with Crippen molar-refractivity contribution in [2.45, 2.75) is 38.7 Å². The molecule has 0 N–H and O–H groups in total. The molecule has 1 aliphatic rings. The number of hydrogen-bond acceptors (Lipinski definition) is 2. The molecule has 3 rings (SSSR count). The minimum Gasteiger partial charge on any atom is -0.296 e. The second kappa shape index (κ2) is 5.74. The van der Waals surface area contributed by atoms with Gasteiger partial charge in [-0.05, 0) is 31.9 Å². The van der Waals surface area contributed by atoms with Gasteiger partial charge in [0.2, 0.25) is 0 Å². The standard InChI is InChI=1S/C16H22ClN3/c1-3-20-16-7-5-4-6-13(16)15(18-20)11-19-9-8-12(2)14(17)10-19/h4-7,12,14H,3,8-11H2,1-2H3. The Morgan fingerprint density at radius 1 is 1.35 bits per heavy atom. The normalized spacial score (nSPS) is 24.4. The SMILES string of the molecule is CCn1nc(CN2CCC(C)C(Cl)C2)c2ccccc21. The van der Waals surface area contributed by atoms with Crippen LogP contribution in [0.2, 0.25) is 0 Å². The van der Waals surface area contributed by atoms with Crippen molar-refractivity contribution in [3.8, 4) is 0 Å². The smallest absolute Gasteiger partial charge is 0.0843 e. The second-order valence-electron chi connectivity index (χ2n) is 5.80. The van der Waals surface area contributed by atoms with Gasteiger partial charge in [0.25, 0.3) is 0 Å². The Labute approximate surface area is 125 Å². The van der Waals surface area contributed by atoms with Crippen LogP contribution in [0.25, 0.3) is 10.9 Å². The van der Waals surface area contributed by atoms with Crippen molar-refractivity contribution in [2.75, 3.05) is 13.1 Å². The predicted octanol–water partition coefficient (Wildman–Crippen LogP) is 3.51. The number of aromatic nitrogens is 2. The number of para-hydroxylation sites is 1. The zero-order chi connectivity index (χ0) is 14.1. The lowest BCUT2D eigenvalue weighted by molar-refractivity contribution is 0.187. The summed E-state index contributed by atoms with van der Waals surface area (Å²) in [5.41, 5.74) is 2.42. The van der Waals surface area contributed by atoms with Crippen molar-refractivity contribution in [3.63, 3.8) is 0 Å². The van der Waals surface area contributed by atoms with Crippen molar-refractivity contribution in [3.05, 3.63) is 30.0 Å². The van der Waals surface area contributed by atoms with E-state index in [0.29, 0.717) is 5.92 Å². The molecule has 3 nitrogen and oxygen atoms in total. The Bertz CT molecular complexity index is 592. The van der Waals surface area contributed by atoms with Crippen molar-refractivity contribution in [2.24, 2.45) is 5.92 Å². The molecule has 4 heteroatoms. The van der Waals surface area contributed by atoms with Crippen LogP contribution in [-0.4, -0.2) is 33.1 Å². The molecule has 0 bridgehead atoms. The first kappa shape index (κ1) is 13.9. The zero-order valence-electron chi connectivity index (χ0n) is 12.2. The summed E-state index contributed by atoms with van der Waals surface area (Å²) in [6.45, 7) is 8.30. The summed E-state index contributed by atoms with van der Waals surface area (Å²) < 4.78 is 2.09. The number of benzene rings is 1. The highest BCUT2D eigenvalue weighted by Gasteiger charge is 2.25. The van der Waals surface area contributed by atoms with Gasteiger partial charge in [0.05, 0.1) is 11.2 Å². The molecule has 20 heavy (non-hydrogen) atoms. The number of piperidine rings is 1. The number of nitrogens with zero attached hydrogens (tertiary/aromatic N) is 3. The molecule has 0 spiro atoms. The topological polar surface area (TPSA) is 21.1 Å². The van der Waals surface area contributed by atoms with Crippen molar-refractivity contribution < 1.29 is 0 Å². The van der Waals surface area contributed by atoms with Gasteiger partial charge in [0, 0.05) is 30.4 Å².